The summed E-state index contributed by atoms with van der Waals surface area (Å²) in [6.07, 6.45) is 1.57. The lowest BCUT2D eigenvalue weighted by Gasteiger charge is -2.16. The fraction of sp³-hybridized carbons (Fsp3) is 0.333. The summed E-state index contributed by atoms with van der Waals surface area (Å²) in [5.74, 6) is -0.345. The van der Waals surface area contributed by atoms with Crippen molar-refractivity contribution in [2.45, 2.75) is 43.9 Å². The van der Waals surface area contributed by atoms with E-state index >= 15 is 0 Å². The van der Waals surface area contributed by atoms with Crippen LogP contribution in [-0.2, 0) is 25.0 Å². The number of likely N-dealkylation sites (N-methyl/N-ethyl adjacent to an activating group) is 1. The Morgan fingerprint density at radius 3 is 2.28 bits per heavy atom. The van der Waals surface area contributed by atoms with Gasteiger partial charge in [0.2, 0.25) is 11.8 Å². The monoisotopic (exact) mass is 415 g/mol. The van der Waals surface area contributed by atoms with Crippen molar-refractivity contribution in [1.82, 2.24) is 5.32 Å². The highest BCUT2D eigenvalue weighted by molar-refractivity contribution is 7.92. The van der Waals surface area contributed by atoms with Gasteiger partial charge < -0.3 is 10.6 Å². The molecule has 0 radical (unpaired) electrons. The van der Waals surface area contributed by atoms with Crippen molar-refractivity contribution in [3.63, 3.8) is 0 Å². The van der Waals surface area contributed by atoms with Crippen molar-refractivity contribution >= 4 is 33.2 Å². The van der Waals surface area contributed by atoms with Crippen LogP contribution in [0.3, 0.4) is 0 Å². The van der Waals surface area contributed by atoms with E-state index in [1.807, 2.05) is 6.92 Å². The van der Waals surface area contributed by atoms with E-state index in [4.69, 9.17) is 0 Å². The Kier molecular flexibility index (Phi) is 5.66. The number of rotatable bonds is 7. The maximum atomic E-state index is 12.9. The zero-order chi connectivity index (χ0) is 21.2. The summed E-state index contributed by atoms with van der Waals surface area (Å²) in [4.78, 5) is 23.7. The fourth-order valence-corrected chi connectivity index (χ4v) is 4.62. The molecule has 29 heavy (non-hydrogen) atoms. The number of hydrogen-bond donors (Lipinski definition) is 3. The molecular weight excluding hydrogens is 390 g/mol. The normalized spacial score (nSPS) is 14.7. The van der Waals surface area contributed by atoms with Crippen molar-refractivity contribution in [3.8, 4) is 0 Å². The van der Waals surface area contributed by atoms with E-state index in [9.17, 15) is 18.0 Å². The number of nitrogens with one attached hydrogen (secondary N) is 3. The van der Waals surface area contributed by atoms with Crippen LogP contribution in [0.2, 0.25) is 0 Å². The molecule has 0 aromatic heterocycles. The Labute approximate surface area is 171 Å². The van der Waals surface area contributed by atoms with Gasteiger partial charge in [-0.15, -0.1) is 0 Å². The Balaban J connectivity index is 1.84. The van der Waals surface area contributed by atoms with Crippen molar-refractivity contribution in [3.05, 3.63) is 53.6 Å². The highest BCUT2D eigenvalue weighted by Gasteiger charge is 2.50. The van der Waals surface area contributed by atoms with Gasteiger partial charge >= 0.3 is 0 Å². The van der Waals surface area contributed by atoms with Gasteiger partial charge in [-0.3, -0.25) is 14.3 Å². The summed E-state index contributed by atoms with van der Waals surface area (Å²) in [5, 5.41) is 5.41. The van der Waals surface area contributed by atoms with Crippen molar-refractivity contribution in [2.24, 2.45) is 0 Å². The number of benzene rings is 2. The van der Waals surface area contributed by atoms with Gasteiger partial charge in [-0.25, -0.2) is 8.42 Å². The molecule has 0 saturated heterocycles. The molecule has 0 unspecified atom stereocenters. The van der Waals surface area contributed by atoms with E-state index < -0.39 is 15.4 Å². The Hall–Kier alpha value is -2.87. The van der Waals surface area contributed by atoms with Crippen molar-refractivity contribution < 1.29 is 18.0 Å². The average molecular weight is 416 g/mol. The first-order valence-electron chi connectivity index (χ1n) is 9.48. The molecule has 1 saturated carbocycles. The predicted molar refractivity (Wildman–Crippen MR) is 112 cm³/mol. The molecule has 3 N–H and O–H groups in total. The Morgan fingerprint density at radius 1 is 1.07 bits per heavy atom. The van der Waals surface area contributed by atoms with Crippen LogP contribution in [0.25, 0.3) is 0 Å². The minimum absolute atomic E-state index is 0.00207. The molecule has 7 nitrogen and oxygen atoms in total. The van der Waals surface area contributed by atoms with Crippen molar-refractivity contribution in [2.75, 3.05) is 16.6 Å². The summed E-state index contributed by atoms with van der Waals surface area (Å²) in [6.45, 7) is 5.56. The largest absolute Gasteiger partial charge is 0.356 e. The molecule has 0 bridgehead atoms. The highest BCUT2D eigenvalue weighted by atomic mass is 32.2. The summed E-state index contributed by atoms with van der Waals surface area (Å²) >= 11 is 0. The van der Waals surface area contributed by atoms with Crippen LogP contribution in [-0.4, -0.2) is 26.8 Å². The van der Waals surface area contributed by atoms with E-state index in [2.05, 4.69) is 15.4 Å². The third kappa shape index (κ3) is 4.42. The van der Waals surface area contributed by atoms with E-state index in [0.29, 0.717) is 12.2 Å². The summed E-state index contributed by atoms with van der Waals surface area (Å²) in [7, 11) is -3.91. The van der Waals surface area contributed by atoms with Gasteiger partial charge in [-0.1, -0.05) is 18.2 Å². The molecule has 3 rings (SSSR count). The molecule has 2 amide bonds. The molecule has 1 aliphatic carbocycles. The average Bonchev–Trinajstić information content (AvgIpc) is 3.45. The van der Waals surface area contributed by atoms with Gasteiger partial charge in [0, 0.05) is 19.2 Å². The first-order valence-corrected chi connectivity index (χ1v) is 11.0. The summed E-state index contributed by atoms with van der Waals surface area (Å²) in [5.41, 5.74) is 1.74. The second-order valence-corrected chi connectivity index (χ2v) is 8.96. The molecule has 0 heterocycles. The van der Waals surface area contributed by atoms with Gasteiger partial charge in [-0.2, -0.15) is 0 Å². The molecule has 2 aromatic rings. The SMILES string of the molecule is CCNC(=O)C1(c2ccc(NS(=O)(=O)c3cc(C)ccc3NC(C)=O)cc2)CC1. The van der Waals surface area contributed by atoms with E-state index in [0.717, 1.165) is 24.0 Å². The standard InChI is InChI=1S/C21H25N3O4S/c1-4-22-20(26)21(11-12-21)16-6-8-17(9-7-16)24-29(27,28)19-13-14(2)5-10-18(19)23-15(3)25/h5-10,13,24H,4,11-12H2,1-3H3,(H,22,26)(H,23,25). The second-order valence-electron chi connectivity index (χ2n) is 7.31. The summed E-state index contributed by atoms with van der Waals surface area (Å²) < 4.78 is 28.4. The fourth-order valence-electron chi connectivity index (χ4n) is 3.31. The molecule has 154 valence electrons. The molecule has 8 heteroatoms. The molecule has 1 fully saturated rings. The first kappa shape index (κ1) is 20.9. The number of carbonyl (C=O) groups excluding carboxylic acids is 2. The smallest absolute Gasteiger partial charge is 0.263 e. The number of amides is 2. The van der Waals surface area contributed by atoms with Crippen LogP contribution >= 0.6 is 0 Å². The highest BCUT2D eigenvalue weighted by Crippen LogP contribution is 2.48. The van der Waals surface area contributed by atoms with Gasteiger partial charge in [0.15, 0.2) is 0 Å². The first-order chi connectivity index (χ1) is 13.7. The molecule has 0 spiro atoms. The van der Waals surface area contributed by atoms with Crippen LogP contribution in [0.1, 0.15) is 37.8 Å². The maximum absolute atomic E-state index is 12.9. The Bertz CT molecular complexity index is 1040. The molecule has 0 aliphatic heterocycles. The third-order valence-electron chi connectivity index (χ3n) is 4.95. The van der Waals surface area contributed by atoms with Crippen LogP contribution in [0.5, 0.6) is 0 Å². The van der Waals surface area contributed by atoms with Crippen LogP contribution in [0.4, 0.5) is 11.4 Å². The number of aryl methyl sites for hydroxylation is 1. The van der Waals surface area contributed by atoms with Crippen LogP contribution in [0, 0.1) is 6.92 Å². The lowest BCUT2D eigenvalue weighted by molar-refractivity contribution is -0.123. The third-order valence-corrected chi connectivity index (χ3v) is 6.37. The number of sulfonamides is 1. The van der Waals surface area contributed by atoms with Crippen LogP contribution in [0.15, 0.2) is 47.4 Å². The Morgan fingerprint density at radius 2 is 1.72 bits per heavy atom. The molecule has 2 aromatic carbocycles. The van der Waals surface area contributed by atoms with E-state index in [1.54, 1.807) is 43.3 Å². The molecule has 0 atom stereocenters. The predicted octanol–water partition coefficient (Wildman–Crippen LogP) is 2.92. The van der Waals surface area contributed by atoms with Gasteiger partial charge in [0.1, 0.15) is 4.90 Å². The van der Waals surface area contributed by atoms with E-state index in [-0.39, 0.29) is 22.4 Å². The minimum Gasteiger partial charge on any atom is -0.356 e. The topological polar surface area (TPSA) is 104 Å². The zero-order valence-electron chi connectivity index (χ0n) is 16.7. The molecular formula is C21H25N3O4S. The molecule has 1 aliphatic rings. The lowest BCUT2D eigenvalue weighted by atomic mass is 9.95. The number of anilines is 2. The van der Waals surface area contributed by atoms with Crippen molar-refractivity contribution in [1.29, 1.82) is 0 Å². The zero-order valence-corrected chi connectivity index (χ0v) is 17.5. The van der Waals surface area contributed by atoms with E-state index in [1.165, 1.54) is 13.0 Å². The maximum Gasteiger partial charge on any atom is 0.263 e. The van der Waals surface area contributed by atoms with Gasteiger partial charge in [0.25, 0.3) is 10.0 Å². The minimum atomic E-state index is -3.91. The second kappa shape index (κ2) is 7.87. The summed E-state index contributed by atoms with van der Waals surface area (Å²) in [6, 6.07) is 11.7. The van der Waals surface area contributed by atoms with Gasteiger partial charge in [0.05, 0.1) is 11.1 Å². The lowest BCUT2D eigenvalue weighted by Crippen LogP contribution is -2.34. The van der Waals surface area contributed by atoms with Crippen LogP contribution < -0.4 is 15.4 Å². The number of hydrogen-bond acceptors (Lipinski definition) is 4. The number of carbonyl (C=O) groups is 2. The quantitative estimate of drug-likeness (QED) is 0.647. The van der Waals surface area contributed by atoms with Gasteiger partial charge in [-0.05, 0) is 62.1 Å².